The van der Waals surface area contributed by atoms with Gasteiger partial charge in [0, 0.05) is 6.04 Å². The molecule has 0 aromatic heterocycles. The summed E-state index contributed by atoms with van der Waals surface area (Å²) < 4.78 is 0. The van der Waals surface area contributed by atoms with E-state index in [1.807, 2.05) is 0 Å². The lowest BCUT2D eigenvalue weighted by atomic mass is 9.82. The van der Waals surface area contributed by atoms with Crippen molar-refractivity contribution in [2.75, 3.05) is 13.2 Å². The number of aliphatic hydroxyl groups excluding tert-OH is 1. The van der Waals surface area contributed by atoms with Gasteiger partial charge in [-0.2, -0.15) is 0 Å². The van der Waals surface area contributed by atoms with E-state index in [9.17, 15) is 0 Å². The van der Waals surface area contributed by atoms with E-state index in [1.165, 1.54) is 25.7 Å². The zero-order valence-electron chi connectivity index (χ0n) is 9.63. The summed E-state index contributed by atoms with van der Waals surface area (Å²) in [4.78, 5) is 0. The molecule has 0 aromatic rings. The highest BCUT2D eigenvalue weighted by Gasteiger charge is 2.19. The van der Waals surface area contributed by atoms with Gasteiger partial charge in [0.2, 0.25) is 0 Å². The van der Waals surface area contributed by atoms with Crippen molar-refractivity contribution in [3.05, 3.63) is 0 Å². The Morgan fingerprint density at radius 3 is 2.79 bits per heavy atom. The van der Waals surface area contributed by atoms with Crippen LogP contribution in [0.25, 0.3) is 0 Å². The Hall–Kier alpha value is -0.0800. The summed E-state index contributed by atoms with van der Waals surface area (Å²) in [5.74, 6) is 1.75. The molecular formula is C12H25NO. The Labute approximate surface area is 88.1 Å². The van der Waals surface area contributed by atoms with Crippen LogP contribution in [0.4, 0.5) is 0 Å². The minimum Gasteiger partial charge on any atom is -0.395 e. The molecule has 1 aliphatic rings. The van der Waals surface area contributed by atoms with Crippen LogP contribution in [-0.4, -0.2) is 24.3 Å². The lowest BCUT2D eigenvalue weighted by molar-refractivity contribution is 0.216. The topological polar surface area (TPSA) is 32.3 Å². The normalized spacial score (nSPS) is 30.2. The van der Waals surface area contributed by atoms with E-state index < -0.39 is 0 Å². The number of hydrogen-bond acceptors (Lipinski definition) is 2. The van der Waals surface area contributed by atoms with Crippen molar-refractivity contribution in [1.82, 2.24) is 5.32 Å². The van der Waals surface area contributed by atoms with E-state index in [4.69, 9.17) is 5.11 Å². The van der Waals surface area contributed by atoms with E-state index in [2.05, 4.69) is 19.2 Å². The van der Waals surface area contributed by atoms with Gasteiger partial charge in [-0.3, -0.25) is 0 Å². The molecule has 2 N–H and O–H groups in total. The van der Waals surface area contributed by atoms with Crippen molar-refractivity contribution in [1.29, 1.82) is 0 Å². The average Bonchev–Trinajstić information content (AvgIpc) is 2.19. The van der Waals surface area contributed by atoms with Crippen molar-refractivity contribution in [3.63, 3.8) is 0 Å². The molecule has 0 bridgehead atoms. The minimum absolute atomic E-state index is 0.277. The molecule has 2 nitrogen and oxygen atoms in total. The second kappa shape index (κ2) is 6.41. The van der Waals surface area contributed by atoms with Crippen LogP contribution in [0.1, 0.15) is 46.0 Å². The molecule has 0 aromatic carbocycles. The molecule has 0 amide bonds. The number of hydrogen-bond donors (Lipinski definition) is 2. The zero-order chi connectivity index (χ0) is 10.4. The van der Waals surface area contributed by atoms with E-state index in [-0.39, 0.29) is 6.61 Å². The third-order valence-electron chi connectivity index (χ3n) is 3.45. The zero-order valence-corrected chi connectivity index (χ0v) is 9.63. The van der Waals surface area contributed by atoms with Gasteiger partial charge in [-0.15, -0.1) is 0 Å². The first-order valence-corrected chi connectivity index (χ1v) is 6.10. The molecule has 1 rings (SSSR count). The third kappa shape index (κ3) is 3.97. The Morgan fingerprint density at radius 1 is 1.43 bits per heavy atom. The Bertz CT molecular complexity index is 145. The predicted molar refractivity (Wildman–Crippen MR) is 60.3 cm³/mol. The fourth-order valence-electron chi connectivity index (χ4n) is 2.42. The van der Waals surface area contributed by atoms with Crippen LogP contribution in [-0.2, 0) is 0 Å². The van der Waals surface area contributed by atoms with E-state index in [1.54, 1.807) is 0 Å². The van der Waals surface area contributed by atoms with Crippen molar-refractivity contribution in [3.8, 4) is 0 Å². The lowest BCUT2D eigenvalue weighted by Crippen LogP contribution is -2.36. The van der Waals surface area contributed by atoms with Crippen LogP contribution in [0.5, 0.6) is 0 Å². The SMILES string of the molecule is CCC(CO)NCC1CCCC(C)C1. The van der Waals surface area contributed by atoms with Gasteiger partial charge in [-0.05, 0) is 37.6 Å². The summed E-state index contributed by atoms with van der Waals surface area (Å²) in [7, 11) is 0. The monoisotopic (exact) mass is 199 g/mol. The standard InChI is InChI=1S/C12H25NO/c1-3-12(9-14)13-8-11-6-4-5-10(2)7-11/h10-14H,3-9H2,1-2H3. The second-order valence-corrected chi connectivity index (χ2v) is 4.83. The quantitative estimate of drug-likeness (QED) is 0.711. The molecule has 14 heavy (non-hydrogen) atoms. The van der Waals surface area contributed by atoms with Crippen molar-refractivity contribution in [2.45, 2.75) is 52.0 Å². The molecule has 1 aliphatic carbocycles. The Morgan fingerprint density at radius 2 is 2.21 bits per heavy atom. The van der Waals surface area contributed by atoms with Crippen LogP contribution in [0.15, 0.2) is 0 Å². The summed E-state index contributed by atoms with van der Waals surface area (Å²) >= 11 is 0. The van der Waals surface area contributed by atoms with Crippen LogP contribution in [0, 0.1) is 11.8 Å². The molecule has 2 heteroatoms. The van der Waals surface area contributed by atoms with Gasteiger partial charge in [0.05, 0.1) is 6.61 Å². The number of nitrogens with one attached hydrogen (secondary N) is 1. The highest BCUT2D eigenvalue weighted by Crippen LogP contribution is 2.27. The maximum atomic E-state index is 9.04. The fraction of sp³-hybridized carbons (Fsp3) is 1.00. The highest BCUT2D eigenvalue weighted by molar-refractivity contribution is 4.74. The summed E-state index contributed by atoms with van der Waals surface area (Å²) in [5, 5.41) is 12.5. The predicted octanol–water partition coefficient (Wildman–Crippen LogP) is 2.17. The van der Waals surface area contributed by atoms with Gasteiger partial charge in [-0.25, -0.2) is 0 Å². The molecule has 84 valence electrons. The molecule has 0 aliphatic heterocycles. The van der Waals surface area contributed by atoms with Crippen molar-refractivity contribution >= 4 is 0 Å². The molecule has 3 unspecified atom stereocenters. The molecule has 3 atom stereocenters. The first-order chi connectivity index (χ1) is 6.76. The maximum Gasteiger partial charge on any atom is 0.0584 e. The van der Waals surface area contributed by atoms with Gasteiger partial charge in [0.15, 0.2) is 0 Å². The molecule has 0 spiro atoms. The Kier molecular flexibility index (Phi) is 5.49. The lowest BCUT2D eigenvalue weighted by Gasteiger charge is -2.28. The summed E-state index contributed by atoms with van der Waals surface area (Å²) in [6, 6.07) is 0.312. The summed E-state index contributed by atoms with van der Waals surface area (Å²) in [5.41, 5.74) is 0. The van der Waals surface area contributed by atoms with Crippen LogP contribution in [0.3, 0.4) is 0 Å². The summed E-state index contributed by atoms with van der Waals surface area (Å²) in [6.45, 7) is 5.86. The van der Waals surface area contributed by atoms with Gasteiger partial charge in [-0.1, -0.05) is 26.7 Å². The molecule has 0 saturated heterocycles. The van der Waals surface area contributed by atoms with Crippen LogP contribution < -0.4 is 5.32 Å². The smallest absolute Gasteiger partial charge is 0.0584 e. The van der Waals surface area contributed by atoms with Gasteiger partial charge in [0.1, 0.15) is 0 Å². The van der Waals surface area contributed by atoms with Crippen LogP contribution >= 0.6 is 0 Å². The molecule has 0 radical (unpaired) electrons. The maximum absolute atomic E-state index is 9.04. The summed E-state index contributed by atoms with van der Waals surface area (Å²) in [6.07, 6.45) is 6.57. The minimum atomic E-state index is 0.277. The first kappa shape index (κ1) is 12.0. The molecule has 1 saturated carbocycles. The average molecular weight is 199 g/mol. The number of rotatable bonds is 5. The fourth-order valence-corrected chi connectivity index (χ4v) is 2.42. The highest BCUT2D eigenvalue weighted by atomic mass is 16.3. The van der Waals surface area contributed by atoms with Crippen molar-refractivity contribution in [2.24, 2.45) is 11.8 Å². The second-order valence-electron chi connectivity index (χ2n) is 4.83. The van der Waals surface area contributed by atoms with Gasteiger partial charge < -0.3 is 10.4 Å². The van der Waals surface area contributed by atoms with Gasteiger partial charge >= 0.3 is 0 Å². The molecule has 0 heterocycles. The largest absolute Gasteiger partial charge is 0.395 e. The van der Waals surface area contributed by atoms with E-state index in [0.29, 0.717) is 6.04 Å². The Balaban J connectivity index is 2.16. The van der Waals surface area contributed by atoms with E-state index >= 15 is 0 Å². The first-order valence-electron chi connectivity index (χ1n) is 6.10. The molecular weight excluding hydrogens is 174 g/mol. The van der Waals surface area contributed by atoms with Crippen molar-refractivity contribution < 1.29 is 5.11 Å². The molecule has 1 fully saturated rings. The van der Waals surface area contributed by atoms with Gasteiger partial charge in [0.25, 0.3) is 0 Å². The van der Waals surface area contributed by atoms with Crippen LogP contribution in [0.2, 0.25) is 0 Å². The third-order valence-corrected chi connectivity index (χ3v) is 3.45. The number of aliphatic hydroxyl groups is 1. The van der Waals surface area contributed by atoms with E-state index in [0.717, 1.165) is 24.8 Å².